The first-order valence-corrected chi connectivity index (χ1v) is 8.40. The number of hydrazine groups is 1. The van der Waals surface area contributed by atoms with Gasteiger partial charge < -0.3 is 5.32 Å². The summed E-state index contributed by atoms with van der Waals surface area (Å²) in [5, 5.41) is 2.89. The number of carbonyl (C=O) groups excluding carboxylic acids is 1. The van der Waals surface area contributed by atoms with Crippen LogP contribution in [-0.2, 0) is 17.4 Å². The van der Waals surface area contributed by atoms with Gasteiger partial charge in [-0.05, 0) is 37.0 Å². The van der Waals surface area contributed by atoms with E-state index in [1.807, 2.05) is 0 Å². The second-order valence-corrected chi connectivity index (χ2v) is 6.56. The van der Waals surface area contributed by atoms with Crippen LogP contribution in [0.15, 0.2) is 24.3 Å². The normalized spacial score (nSPS) is 26.9. The third-order valence-corrected chi connectivity index (χ3v) is 4.95. The number of carbonyl (C=O) groups is 1. The van der Waals surface area contributed by atoms with Gasteiger partial charge in [0.25, 0.3) is 0 Å². The highest BCUT2D eigenvalue weighted by atomic mass is 19.4. The number of benzene rings is 1. The van der Waals surface area contributed by atoms with E-state index in [2.05, 4.69) is 16.2 Å². The zero-order valence-electron chi connectivity index (χ0n) is 13.3. The molecule has 0 aromatic heterocycles. The third kappa shape index (κ3) is 3.89. The molecule has 4 nitrogen and oxygen atoms in total. The summed E-state index contributed by atoms with van der Waals surface area (Å²) >= 11 is 0. The molecule has 24 heavy (non-hydrogen) atoms. The van der Waals surface area contributed by atoms with Gasteiger partial charge in [-0.15, -0.1) is 0 Å². The van der Waals surface area contributed by atoms with Crippen molar-refractivity contribution in [3.63, 3.8) is 0 Å². The minimum Gasteiger partial charge on any atom is -0.354 e. The van der Waals surface area contributed by atoms with Gasteiger partial charge in [0.15, 0.2) is 0 Å². The average molecular weight is 341 g/mol. The summed E-state index contributed by atoms with van der Waals surface area (Å²) in [6.07, 6.45) is 0.676. The average Bonchev–Trinajstić information content (AvgIpc) is 2.98. The molecule has 3 N–H and O–H groups in total. The van der Waals surface area contributed by atoms with Crippen molar-refractivity contribution in [2.75, 3.05) is 6.54 Å². The Morgan fingerprint density at radius 2 is 1.83 bits per heavy atom. The number of halogens is 3. The standard InChI is InChI=1S/C17H22F3N3O/c18-17(19,20)12-7-5-11(6-8-12)9-10-21-16(24)15-13-3-1-2-4-14(13)22-23-15/h5-8,13-15,22-23H,1-4,9-10H2,(H,21,24). The fourth-order valence-electron chi connectivity index (χ4n) is 3.60. The summed E-state index contributed by atoms with van der Waals surface area (Å²) in [7, 11) is 0. The van der Waals surface area contributed by atoms with Gasteiger partial charge in [-0.3, -0.25) is 10.2 Å². The van der Waals surface area contributed by atoms with E-state index in [1.54, 1.807) is 0 Å². The lowest BCUT2D eigenvalue weighted by atomic mass is 9.81. The molecule has 1 aliphatic carbocycles. The van der Waals surface area contributed by atoms with Crippen LogP contribution in [0.5, 0.6) is 0 Å². The van der Waals surface area contributed by atoms with Crippen LogP contribution in [0.2, 0.25) is 0 Å². The number of amides is 1. The third-order valence-electron chi connectivity index (χ3n) is 4.95. The zero-order chi connectivity index (χ0) is 17.2. The Bertz CT molecular complexity index is 573. The Labute approximate surface area is 139 Å². The van der Waals surface area contributed by atoms with Crippen molar-refractivity contribution in [3.8, 4) is 0 Å². The molecule has 2 aliphatic rings. The predicted octanol–water partition coefficient (Wildman–Crippen LogP) is 2.40. The van der Waals surface area contributed by atoms with E-state index < -0.39 is 11.7 Å². The van der Waals surface area contributed by atoms with Crippen molar-refractivity contribution >= 4 is 5.91 Å². The lowest BCUT2D eigenvalue weighted by Gasteiger charge is -2.26. The molecule has 0 spiro atoms. The molecule has 1 heterocycles. The van der Waals surface area contributed by atoms with Crippen molar-refractivity contribution in [1.29, 1.82) is 0 Å². The number of rotatable bonds is 4. The maximum Gasteiger partial charge on any atom is 0.416 e. The van der Waals surface area contributed by atoms with Gasteiger partial charge in [-0.1, -0.05) is 25.0 Å². The molecule has 0 radical (unpaired) electrons. The molecule has 1 saturated carbocycles. The van der Waals surface area contributed by atoms with Crippen LogP contribution in [0, 0.1) is 5.92 Å². The first-order valence-electron chi connectivity index (χ1n) is 8.40. The Balaban J connectivity index is 1.47. The SMILES string of the molecule is O=C(NCCc1ccc(C(F)(F)F)cc1)C1NNC2CCCCC21. The maximum atomic E-state index is 12.5. The number of nitrogens with one attached hydrogen (secondary N) is 3. The molecule has 0 bridgehead atoms. The summed E-state index contributed by atoms with van der Waals surface area (Å²) < 4.78 is 37.5. The second-order valence-electron chi connectivity index (χ2n) is 6.56. The molecule has 3 rings (SSSR count). The van der Waals surface area contributed by atoms with Crippen molar-refractivity contribution in [2.24, 2.45) is 5.92 Å². The molecular weight excluding hydrogens is 319 g/mol. The van der Waals surface area contributed by atoms with Crippen LogP contribution in [0.4, 0.5) is 13.2 Å². The van der Waals surface area contributed by atoms with Crippen LogP contribution in [0.1, 0.15) is 36.8 Å². The van der Waals surface area contributed by atoms with E-state index in [1.165, 1.54) is 18.6 Å². The first kappa shape index (κ1) is 17.2. The molecule has 132 valence electrons. The zero-order valence-corrected chi connectivity index (χ0v) is 13.3. The maximum absolute atomic E-state index is 12.5. The van der Waals surface area contributed by atoms with Crippen molar-refractivity contribution in [2.45, 2.75) is 50.4 Å². The summed E-state index contributed by atoms with van der Waals surface area (Å²) in [5.41, 5.74) is 6.41. The smallest absolute Gasteiger partial charge is 0.354 e. The number of fused-ring (bicyclic) bond motifs is 1. The molecule has 1 aliphatic heterocycles. The molecule has 2 fully saturated rings. The summed E-state index contributed by atoms with van der Waals surface area (Å²) in [6, 6.07) is 5.22. The van der Waals surface area contributed by atoms with E-state index in [0.717, 1.165) is 37.0 Å². The lowest BCUT2D eigenvalue weighted by Crippen LogP contribution is -2.46. The summed E-state index contributed by atoms with van der Waals surface area (Å²) in [5.74, 6) is 0.286. The topological polar surface area (TPSA) is 53.2 Å². The lowest BCUT2D eigenvalue weighted by molar-refractivity contribution is -0.137. The fourth-order valence-corrected chi connectivity index (χ4v) is 3.60. The molecule has 1 saturated heterocycles. The van der Waals surface area contributed by atoms with Crippen LogP contribution < -0.4 is 16.2 Å². The molecular formula is C17H22F3N3O. The van der Waals surface area contributed by atoms with Gasteiger partial charge in [0.2, 0.25) is 5.91 Å². The van der Waals surface area contributed by atoms with Gasteiger partial charge >= 0.3 is 6.18 Å². The minimum absolute atomic E-state index is 0.0381. The number of hydrogen-bond donors (Lipinski definition) is 3. The Hall–Kier alpha value is -1.60. The van der Waals surface area contributed by atoms with Gasteiger partial charge in [-0.25, -0.2) is 5.43 Å². The van der Waals surface area contributed by atoms with Crippen molar-refractivity contribution in [3.05, 3.63) is 35.4 Å². The molecule has 1 aromatic rings. The highest BCUT2D eigenvalue weighted by Crippen LogP contribution is 2.30. The minimum atomic E-state index is -4.32. The summed E-state index contributed by atoms with van der Waals surface area (Å²) in [6.45, 7) is 0.416. The Morgan fingerprint density at radius 3 is 2.54 bits per heavy atom. The van der Waals surface area contributed by atoms with Gasteiger partial charge in [0, 0.05) is 18.5 Å². The van der Waals surface area contributed by atoms with E-state index in [4.69, 9.17) is 0 Å². The molecule has 7 heteroatoms. The fraction of sp³-hybridized carbons (Fsp3) is 0.588. The van der Waals surface area contributed by atoms with Gasteiger partial charge in [-0.2, -0.15) is 13.2 Å². The summed E-state index contributed by atoms with van der Waals surface area (Å²) in [4.78, 5) is 12.3. The Kier molecular flexibility index (Phi) is 5.10. The monoisotopic (exact) mass is 341 g/mol. The largest absolute Gasteiger partial charge is 0.416 e. The van der Waals surface area contributed by atoms with E-state index in [-0.39, 0.29) is 11.9 Å². The van der Waals surface area contributed by atoms with E-state index in [9.17, 15) is 18.0 Å². The van der Waals surface area contributed by atoms with E-state index >= 15 is 0 Å². The van der Waals surface area contributed by atoms with Gasteiger partial charge in [0.1, 0.15) is 6.04 Å². The van der Waals surface area contributed by atoms with Crippen LogP contribution in [0.3, 0.4) is 0 Å². The van der Waals surface area contributed by atoms with Crippen LogP contribution in [0.25, 0.3) is 0 Å². The molecule has 3 atom stereocenters. The van der Waals surface area contributed by atoms with Crippen LogP contribution >= 0.6 is 0 Å². The Morgan fingerprint density at radius 1 is 1.12 bits per heavy atom. The van der Waals surface area contributed by atoms with Crippen LogP contribution in [-0.4, -0.2) is 24.5 Å². The van der Waals surface area contributed by atoms with Crippen molar-refractivity contribution < 1.29 is 18.0 Å². The highest BCUT2D eigenvalue weighted by molar-refractivity contribution is 5.82. The number of hydrogen-bond acceptors (Lipinski definition) is 3. The molecule has 1 amide bonds. The second kappa shape index (κ2) is 7.11. The van der Waals surface area contributed by atoms with Gasteiger partial charge in [0.05, 0.1) is 5.56 Å². The molecule has 3 unspecified atom stereocenters. The first-order chi connectivity index (χ1) is 11.4. The highest BCUT2D eigenvalue weighted by Gasteiger charge is 2.40. The van der Waals surface area contributed by atoms with E-state index in [0.29, 0.717) is 24.9 Å². The van der Waals surface area contributed by atoms with Crippen molar-refractivity contribution in [1.82, 2.24) is 16.2 Å². The quantitative estimate of drug-likeness (QED) is 0.788. The molecule has 1 aromatic carbocycles. The number of alkyl halides is 3. The predicted molar refractivity (Wildman–Crippen MR) is 84.0 cm³/mol.